The molecular weight excluding hydrogens is 921 g/mol. The second-order valence-corrected chi connectivity index (χ2v) is 22.0. The van der Waals surface area contributed by atoms with Gasteiger partial charge in [0.25, 0.3) is 0 Å². The van der Waals surface area contributed by atoms with Gasteiger partial charge in [0.2, 0.25) is 23.7 Å². The Morgan fingerprint density at radius 1 is 0.879 bits per heavy atom. The molecule has 4 aliphatic rings. The second-order valence-electron chi connectivity index (χ2n) is 18.0. The molecule has 18 heteroatoms. The van der Waals surface area contributed by atoms with E-state index in [0.717, 1.165) is 88.4 Å². The number of fused-ring (bicyclic) bond motifs is 1. The fraction of sp³-hybridized carbons (Fsp3) is 0.438. The summed E-state index contributed by atoms with van der Waals surface area (Å²) in [6.45, 7) is 12.3. The van der Waals surface area contributed by atoms with Crippen molar-refractivity contribution in [1.29, 1.82) is 0 Å². The Hall–Kier alpha value is -5.64. The van der Waals surface area contributed by atoms with Crippen molar-refractivity contribution in [2.45, 2.75) is 57.4 Å². The molecule has 0 saturated carbocycles. The van der Waals surface area contributed by atoms with Crippen LogP contribution in [-0.4, -0.2) is 126 Å². The zero-order valence-corrected chi connectivity index (χ0v) is 40.4. The van der Waals surface area contributed by atoms with Crippen LogP contribution in [0.2, 0.25) is 0 Å². The van der Waals surface area contributed by atoms with Crippen LogP contribution in [0.25, 0.3) is 11.0 Å². The van der Waals surface area contributed by atoms with Crippen LogP contribution in [0, 0.1) is 5.92 Å². The lowest BCUT2D eigenvalue weighted by atomic mass is 9.90. The number of nitrogens with one attached hydrogen (secondary N) is 3. The third kappa shape index (κ3) is 9.61. The number of amides is 3. The second kappa shape index (κ2) is 19.3. The Morgan fingerprint density at radius 2 is 1.62 bits per heavy atom. The maximum absolute atomic E-state index is 13.8. The summed E-state index contributed by atoms with van der Waals surface area (Å²) in [5.74, 6) is 1.06. The van der Waals surface area contributed by atoms with Crippen molar-refractivity contribution in [2.24, 2.45) is 5.92 Å². The summed E-state index contributed by atoms with van der Waals surface area (Å²) in [7, 11) is -1.11. The largest absolute Gasteiger partial charge is 0.494 e. The molecule has 4 fully saturated rings. The van der Waals surface area contributed by atoms with Crippen LogP contribution in [-0.2, 0) is 25.4 Å². The summed E-state index contributed by atoms with van der Waals surface area (Å²) in [5.41, 5.74) is 7.00. The van der Waals surface area contributed by atoms with E-state index < -0.39 is 7.14 Å². The van der Waals surface area contributed by atoms with E-state index in [1.165, 1.54) is 11.3 Å². The number of rotatable bonds is 12. The number of methoxy groups -OCH3 is 1. The lowest BCUT2D eigenvalue weighted by molar-refractivity contribution is -0.137. The zero-order valence-electron chi connectivity index (χ0n) is 37.9. The van der Waals surface area contributed by atoms with Gasteiger partial charge in [0, 0.05) is 101 Å². The molecule has 346 valence electrons. The van der Waals surface area contributed by atoms with Gasteiger partial charge >= 0.3 is 0 Å². The van der Waals surface area contributed by atoms with E-state index in [-0.39, 0.29) is 29.6 Å². The number of carbonyl (C=O) groups is 3. The molecule has 4 aliphatic heterocycles. The topological polar surface area (TPSA) is 178 Å². The summed E-state index contributed by atoms with van der Waals surface area (Å²) < 4.78 is 20.1. The standard InChI is InChI=1S/C48H57BrN11O5P/c1-5-30-26-39(54-48-52-28-36(49)45(56-48)53-38-12-11-37-43(51-18-17-50-37)44(38)66(3,4)64)41(65-2)27-40(30)58-20-15-34(16-21-58)57-22-24-59(25-23-57)47(63)32-14-19-60(29-32)33-8-6-31(7-9-33)35-10-13-42(61)55-46(35)62/h6-9,11-12,17-18,26-28,32,34-35H,5,10,13-16,19-25,29H2,1-4H3,(H,55,61,62)(H2,52,53,54,56)/t32-,35?/m1/s1. The van der Waals surface area contributed by atoms with Crippen LogP contribution in [0.5, 0.6) is 5.75 Å². The first-order valence-electron chi connectivity index (χ1n) is 22.9. The summed E-state index contributed by atoms with van der Waals surface area (Å²) >= 11 is 3.60. The molecule has 66 heavy (non-hydrogen) atoms. The van der Waals surface area contributed by atoms with Gasteiger partial charge in [-0.3, -0.25) is 34.6 Å². The summed E-state index contributed by atoms with van der Waals surface area (Å²) in [6, 6.07) is 16.5. The predicted molar refractivity (Wildman–Crippen MR) is 263 cm³/mol. The molecule has 3 N–H and O–H groups in total. The number of ether oxygens (including phenoxy) is 1. The molecule has 0 spiro atoms. The molecule has 3 aromatic carbocycles. The summed E-state index contributed by atoms with van der Waals surface area (Å²) in [4.78, 5) is 65.4. The number of nitrogens with zero attached hydrogens (tertiary/aromatic N) is 8. The SMILES string of the molecule is CCc1cc(Nc2ncc(Br)c(Nc3ccc4nccnc4c3P(C)(C)=O)n2)c(OC)cc1N1CCC(N2CCN(C(=O)[C@@H]3CCN(c4ccc(C5CCC(=O)NC5=O)cc4)C3)CC2)CC1. The van der Waals surface area contributed by atoms with Crippen molar-refractivity contribution in [2.75, 3.05) is 93.2 Å². The fourth-order valence-electron chi connectivity index (χ4n) is 10.1. The average molecular weight is 979 g/mol. The Kier molecular flexibility index (Phi) is 13.3. The van der Waals surface area contributed by atoms with E-state index >= 15 is 0 Å². The Morgan fingerprint density at radius 3 is 2.33 bits per heavy atom. The number of benzene rings is 3. The Bertz CT molecular complexity index is 2680. The molecule has 3 amide bonds. The quantitative estimate of drug-likeness (QED) is 0.0895. The van der Waals surface area contributed by atoms with Crippen LogP contribution in [0.1, 0.15) is 56.1 Å². The molecular formula is C48H57BrN11O5P. The van der Waals surface area contributed by atoms with Gasteiger partial charge in [0.1, 0.15) is 24.2 Å². The average Bonchev–Trinajstić information content (AvgIpc) is 3.83. The number of piperidine rings is 2. The van der Waals surface area contributed by atoms with Crippen molar-refractivity contribution in [3.05, 3.63) is 82.7 Å². The Balaban J connectivity index is 0.787. The molecule has 2 aromatic heterocycles. The van der Waals surface area contributed by atoms with Crippen LogP contribution in [0.3, 0.4) is 0 Å². The third-order valence-corrected chi connectivity index (χ3v) is 15.7. The molecule has 9 rings (SSSR count). The summed E-state index contributed by atoms with van der Waals surface area (Å²) in [6.07, 6.45) is 9.55. The number of hydrogen-bond acceptors (Lipinski definition) is 14. The number of hydrogen-bond donors (Lipinski definition) is 3. The van der Waals surface area contributed by atoms with Crippen molar-refractivity contribution in [3.8, 4) is 5.75 Å². The molecule has 0 bridgehead atoms. The number of carbonyl (C=O) groups excluding carboxylic acids is 3. The number of piperazine rings is 1. The highest BCUT2D eigenvalue weighted by Gasteiger charge is 2.36. The molecule has 2 atom stereocenters. The normalized spacial score (nSPS) is 19.9. The minimum atomic E-state index is -2.78. The first kappa shape index (κ1) is 45.5. The number of halogens is 1. The molecule has 0 aliphatic carbocycles. The first-order valence-corrected chi connectivity index (χ1v) is 26.3. The molecule has 6 heterocycles. The van der Waals surface area contributed by atoms with Gasteiger partial charge in [0.15, 0.2) is 0 Å². The van der Waals surface area contributed by atoms with Gasteiger partial charge < -0.3 is 34.6 Å². The van der Waals surface area contributed by atoms with Crippen molar-refractivity contribution >= 4 is 91.6 Å². The van der Waals surface area contributed by atoms with Gasteiger partial charge in [-0.2, -0.15) is 4.98 Å². The van der Waals surface area contributed by atoms with E-state index in [1.807, 2.05) is 36.4 Å². The van der Waals surface area contributed by atoms with Crippen molar-refractivity contribution < 1.29 is 23.7 Å². The number of aromatic nitrogens is 4. The lowest BCUT2D eigenvalue weighted by Crippen LogP contribution is -2.55. The minimum Gasteiger partial charge on any atom is -0.494 e. The molecule has 0 radical (unpaired) electrons. The van der Waals surface area contributed by atoms with E-state index in [9.17, 15) is 18.9 Å². The van der Waals surface area contributed by atoms with E-state index in [1.54, 1.807) is 39.0 Å². The zero-order chi connectivity index (χ0) is 46.1. The van der Waals surface area contributed by atoms with Gasteiger partial charge in [-0.05, 0) is 103 Å². The highest BCUT2D eigenvalue weighted by Crippen LogP contribution is 2.42. The highest BCUT2D eigenvalue weighted by atomic mass is 79.9. The number of aryl methyl sites for hydroxylation is 1. The van der Waals surface area contributed by atoms with E-state index in [2.05, 4.69) is 85.5 Å². The number of anilines is 6. The van der Waals surface area contributed by atoms with Crippen LogP contribution in [0.4, 0.5) is 34.5 Å². The van der Waals surface area contributed by atoms with Crippen LogP contribution < -0.4 is 35.8 Å². The van der Waals surface area contributed by atoms with Crippen molar-refractivity contribution in [3.63, 3.8) is 0 Å². The van der Waals surface area contributed by atoms with Crippen LogP contribution >= 0.6 is 23.1 Å². The maximum atomic E-state index is 13.8. The molecule has 16 nitrogen and oxygen atoms in total. The monoisotopic (exact) mass is 977 g/mol. The Labute approximate surface area is 393 Å². The number of imide groups is 1. The lowest BCUT2D eigenvalue weighted by Gasteiger charge is -2.44. The highest BCUT2D eigenvalue weighted by molar-refractivity contribution is 9.10. The van der Waals surface area contributed by atoms with Crippen LogP contribution in [0.15, 0.2) is 71.6 Å². The van der Waals surface area contributed by atoms with Gasteiger partial charge in [-0.15, -0.1) is 0 Å². The van der Waals surface area contributed by atoms with Gasteiger partial charge in [-0.25, -0.2) is 4.98 Å². The van der Waals surface area contributed by atoms with Gasteiger partial charge in [-0.1, -0.05) is 19.1 Å². The molecule has 1 unspecified atom stereocenters. The van der Waals surface area contributed by atoms with Gasteiger partial charge in [0.05, 0.1) is 45.6 Å². The third-order valence-electron chi connectivity index (χ3n) is 13.6. The maximum Gasteiger partial charge on any atom is 0.234 e. The smallest absolute Gasteiger partial charge is 0.234 e. The predicted octanol–water partition coefficient (Wildman–Crippen LogP) is 6.65. The van der Waals surface area contributed by atoms with Crippen molar-refractivity contribution in [1.82, 2.24) is 35.1 Å². The molecule has 5 aromatic rings. The minimum absolute atomic E-state index is 0.0253. The first-order chi connectivity index (χ1) is 31.9. The summed E-state index contributed by atoms with van der Waals surface area (Å²) in [5, 5.41) is 9.84. The van der Waals surface area contributed by atoms with E-state index in [0.29, 0.717) is 69.4 Å². The fourth-order valence-corrected chi connectivity index (χ4v) is 11.7. The molecule has 4 saturated heterocycles. The van der Waals surface area contributed by atoms with E-state index in [4.69, 9.17) is 9.72 Å².